The first-order valence-corrected chi connectivity index (χ1v) is 10.2. The molecule has 3 aromatic heterocycles. The molecule has 0 aliphatic carbocycles. The summed E-state index contributed by atoms with van der Waals surface area (Å²) in [6.07, 6.45) is 1.49. The van der Waals surface area contributed by atoms with Crippen molar-refractivity contribution in [3.63, 3.8) is 0 Å². The van der Waals surface area contributed by atoms with Gasteiger partial charge in [-0.15, -0.1) is 0 Å². The van der Waals surface area contributed by atoms with Crippen LogP contribution in [-0.2, 0) is 23.1 Å². The van der Waals surface area contributed by atoms with Crippen LogP contribution in [0.25, 0.3) is 33.3 Å². The molecule has 0 atom stereocenters. The maximum absolute atomic E-state index is 12.3. The molecule has 1 amide bonds. The van der Waals surface area contributed by atoms with Crippen molar-refractivity contribution < 1.29 is 14.3 Å². The molecule has 9 heteroatoms. The molecule has 1 aliphatic rings. The number of fused-ring (bicyclic) bond motifs is 3. The van der Waals surface area contributed by atoms with Crippen LogP contribution in [0.5, 0.6) is 0 Å². The minimum absolute atomic E-state index is 0.221. The lowest BCUT2D eigenvalue weighted by atomic mass is 10.1. The van der Waals surface area contributed by atoms with Gasteiger partial charge in [0.1, 0.15) is 17.8 Å². The summed E-state index contributed by atoms with van der Waals surface area (Å²) in [5.41, 5.74) is 5.52. The Kier molecular flexibility index (Phi) is 4.95. The van der Waals surface area contributed by atoms with Gasteiger partial charge in [-0.3, -0.25) is 0 Å². The number of aromatic amines is 1. The summed E-state index contributed by atoms with van der Waals surface area (Å²) >= 11 is 0. The molecule has 1 aromatic carbocycles. The third-order valence-electron chi connectivity index (χ3n) is 5.54. The van der Waals surface area contributed by atoms with E-state index in [0.29, 0.717) is 26.3 Å². The molecule has 4 aromatic rings. The zero-order chi connectivity index (χ0) is 21.4. The lowest BCUT2D eigenvalue weighted by Crippen LogP contribution is -2.40. The summed E-state index contributed by atoms with van der Waals surface area (Å²) in [7, 11) is 3.82. The summed E-state index contributed by atoms with van der Waals surface area (Å²) in [5.74, 6) is 0.736. The van der Waals surface area contributed by atoms with Crippen LogP contribution >= 0.6 is 0 Å². The SMILES string of the molecule is CNc1nc2[nH]c(-c3cccc(COC(=O)N4CCOCC4)c3)cc2c2c1ncn2C. The largest absolute Gasteiger partial charge is 0.445 e. The number of aryl methyl sites for hydroxylation is 1. The van der Waals surface area contributed by atoms with Crippen LogP contribution in [0.15, 0.2) is 36.7 Å². The molecule has 31 heavy (non-hydrogen) atoms. The number of hydrogen-bond donors (Lipinski definition) is 2. The minimum atomic E-state index is -0.304. The quantitative estimate of drug-likeness (QED) is 0.527. The number of carbonyl (C=O) groups excluding carboxylic acids is 1. The Hall–Kier alpha value is -3.59. The third-order valence-corrected chi connectivity index (χ3v) is 5.54. The van der Waals surface area contributed by atoms with Gasteiger partial charge in [0.05, 0.1) is 25.1 Å². The molecule has 160 valence electrons. The molecular formula is C22H24N6O3. The van der Waals surface area contributed by atoms with E-state index in [9.17, 15) is 4.79 Å². The van der Waals surface area contributed by atoms with Crippen LogP contribution in [0.3, 0.4) is 0 Å². The lowest BCUT2D eigenvalue weighted by Gasteiger charge is -2.25. The highest BCUT2D eigenvalue weighted by atomic mass is 16.6. The molecular weight excluding hydrogens is 396 g/mol. The highest BCUT2D eigenvalue weighted by Gasteiger charge is 2.18. The van der Waals surface area contributed by atoms with Crippen LogP contribution in [0, 0.1) is 0 Å². The second-order valence-electron chi connectivity index (χ2n) is 7.56. The van der Waals surface area contributed by atoms with E-state index in [1.165, 1.54) is 0 Å². The molecule has 1 fully saturated rings. The Labute approximate surface area is 179 Å². The van der Waals surface area contributed by atoms with Gasteiger partial charge in [0.25, 0.3) is 0 Å². The van der Waals surface area contributed by atoms with E-state index in [-0.39, 0.29) is 12.7 Å². The smallest absolute Gasteiger partial charge is 0.410 e. The van der Waals surface area contributed by atoms with Gasteiger partial charge in [-0.25, -0.2) is 14.8 Å². The zero-order valence-electron chi connectivity index (χ0n) is 17.5. The second kappa shape index (κ2) is 7.92. The van der Waals surface area contributed by atoms with Gasteiger partial charge in [0.2, 0.25) is 0 Å². The summed E-state index contributed by atoms with van der Waals surface area (Å²) < 4.78 is 12.8. The number of imidazole rings is 1. The van der Waals surface area contributed by atoms with Crippen molar-refractivity contribution in [2.24, 2.45) is 7.05 Å². The number of carbonyl (C=O) groups is 1. The van der Waals surface area contributed by atoms with E-state index in [2.05, 4.69) is 26.3 Å². The van der Waals surface area contributed by atoms with E-state index >= 15 is 0 Å². The number of hydrogen-bond acceptors (Lipinski definition) is 6. The Morgan fingerprint density at radius 1 is 1.29 bits per heavy atom. The summed E-state index contributed by atoms with van der Waals surface area (Å²) in [6, 6.07) is 10.1. The van der Waals surface area contributed by atoms with Crippen molar-refractivity contribution >= 4 is 34.0 Å². The second-order valence-corrected chi connectivity index (χ2v) is 7.56. The van der Waals surface area contributed by atoms with Crippen molar-refractivity contribution in [1.29, 1.82) is 0 Å². The number of ether oxygens (including phenoxy) is 2. The van der Waals surface area contributed by atoms with E-state index in [1.54, 1.807) is 11.2 Å². The van der Waals surface area contributed by atoms with Gasteiger partial charge in [-0.2, -0.15) is 0 Å². The lowest BCUT2D eigenvalue weighted by molar-refractivity contribution is 0.0249. The zero-order valence-corrected chi connectivity index (χ0v) is 17.5. The van der Waals surface area contributed by atoms with Gasteiger partial charge in [0, 0.05) is 38.3 Å². The van der Waals surface area contributed by atoms with Gasteiger partial charge >= 0.3 is 6.09 Å². The average Bonchev–Trinajstić information content (AvgIpc) is 3.41. The predicted molar refractivity (Wildman–Crippen MR) is 118 cm³/mol. The number of morpholine rings is 1. The van der Waals surface area contributed by atoms with Gasteiger partial charge in [-0.05, 0) is 23.3 Å². The number of anilines is 1. The molecule has 1 saturated heterocycles. The van der Waals surface area contributed by atoms with Crippen LogP contribution in [0.2, 0.25) is 0 Å². The van der Waals surface area contributed by atoms with Gasteiger partial charge < -0.3 is 29.2 Å². The summed E-state index contributed by atoms with van der Waals surface area (Å²) in [4.78, 5) is 26.5. The Bertz CT molecular complexity index is 1260. The summed E-state index contributed by atoms with van der Waals surface area (Å²) in [6.45, 7) is 2.46. The summed E-state index contributed by atoms with van der Waals surface area (Å²) in [5, 5.41) is 4.13. The molecule has 0 bridgehead atoms. The van der Waals surface area contributed by atoms with E-state index in [4.69, 9.17) is 9.47 Å². The number of H-pyrrole nitrogens is 1. The third kappa shape index (κ3) is 3.57. The fourth-order valence-corrected chi connectivity index (χ4v) is 3.94. The predicted octanol–water partition coefficient (Wildman–Crippen LogP) is 3.13. The van der Waals surface area contributed by atoms with Crippen LogP contribution < -0.4 is 5.32 Å². The number of rotatable bonds is 4. The Morgan fingerprint density at radius 2 is 2.13 bits per heavy atom. The molecule has 9 nitrogen and oxygen atoms in total. The molecule has 0 radical (unpaired) electrons. The first kappa shape index (κ1) is 19.4. The molecule has 0 unspecified atom stereocenters. The topological polar surface area (TPSA) is 97.3 Å². The number of amides is 1. The molecule has 1 aliphatic heterocycles. The first-order valence-electron chi connectivity index (χ1n) is 10.2. The van der Waals surface area contributed by atoms with Gasteiger partial charge in [-0.1, -0.05) is 18.2 Å². The van der Waals surface area contributed by atoms with Crippen LogP contribution in [-0.4, -0.2) is 63.9 Å². The van der Waals surface area contributed by atoms with Crippen molar-refractivity contribution in [3.8, 4) is 11.3 Å². The number of benzene rings is 1. The monoisotopic (exact) mass is 420 g/mol. The minimum Gasteiger partial charge on any atom is -0.445 e. The fraction of sp³-hybridized carbons (Fsp3) is 0.318. The average molecular weight is 420 g/mol. The Morgan fingerprint density at radius 3 is 2.94 bits per heavy atom. The molecule has 2 N–H and O–H groups in total. The number of nitrogens with one attached hydrogen (secondary N) is 2. The molecule has 0 saturated carbocycles. The standard InChI is InChI=1S/C22H24N6O3/c1-23-21-18-19(27(2)13-24-18)16-11-17(25-20(16)26-21)15-5-3-4-14(10-15)12-31-22(29)28-6-8-30-9-7-28/h3-5,10-11,13H,6-9,12H2,1-2H3,(H2,23,25,26). The Balaban J connectivity index is 1.42. The van der Waals surface area contributed by atoms with Crippen LogP contribution in [0.4, 0.5) is 10.6 Å². The maximum atomic E-state index is 12.3. The van der Waals surface area contributed by atoms with Crippen LogP contribution in [0.1, 0.15) is 5.56 Å². The number of pyridine rings is 1. The van der Waals surface area contributed by atoms with Crippen molar-refractivity contribution in [3.05, 3.63) is 42.2 Å². The normalized spacial score (nSPS) is 14.3. The number of aromatic nitrogens is 4. The van der Waals surface area contributed by atoms with Crippen molar-refractivity contribution in [2.75, 3.05) is 38.7 Å². The first-order chi connectivity index (χ1) is 15.1. The van der Waals surface area contributed by atoms with E-state index in [0.717, 1.165) is 44.7 Å². The molecule has 5 rings (SSSR count). The van der Waals surface area contributed by atoms with Crippen molar-refractivity contribution in [1.82, 2.24) is 24.4 Å². The van der Waals surface area contributed by atoms with E-state index < -0.39 is 0 Å². The van der Waals surface area contributed by atoms with Gasteiger partial charge in [0.15, 0.2) is 5.82 Å². The van der Waals surface area contributed by atoms with Crippen molar-refractivity contribution in [2.45, 2.75) is 6.61 Å². The highest BCUT2D eigenvalue weighted by molar-refractivity contribution is 6.07. The van der Waals surface area contributed by atoms with E-state index in [1.807, 2.05) is 42.9 Å². The molecule has 4 heterocycles. The maximum Gasteiger partial charge on any atom is 0.410 e. The highest BCUT2D eigenvalue weighted by Crippen LogP contribution is 2.31. The number of nitrogens with zero attached hydrogens (tertiary/aromatic N) is 4. The fourth-order valence-electron chi connectivity index (χ4n) is 3.94. The molecule has 0 spiro atoms.